The topological polar surface area (TPSA) is 103 Å². The van der Waals surface area contributed by atoms with Crippen LogP contribution in [0.2, 0.25) is 0 Å². The second-order valence-corrected chi connectivity index (χ2v) is 8.17. The molecule has 2 fully saturated rings. The number of nitrogens with one attached hydrogen (secondary N) is 2. The Morgan fingerprint density at radius 1 is 1.20 bits per heavy atom. The number of carbonyl (C=O) groups is 1. The molecule has 0 bridgehead atoms. The molecule has 2 aromatic heterocycles. The van der Waals surface area contributed by atoms with Gasteiger partial charge in [-0.05, 0) is 44.4 Å². The van der Waals surface area contributed by atoms with Crippen molar-refractivity contribution >= 4 is 23.0 Å². The Kier molecular flexibility index (Phi) is 5.35. The fourth-order valence-corrected chi connectivity index (χ4v) is 4.60. The predicted molar refractivity (Wildman–Crippen MR) is 112 cm³/mol. The van der Waals surface area contributed by atoms with Crippen LogP contribution >= 0.6 is 0 Å². The van der Waals surface area contributed by atoms with Crippen LogP contribution in [0.4, 0.5) is 6.01 Å². The van der Waals surface area contributed by atoms with Gasteiger partial charge in [0.2, 0.25) is 5.91 Å². The van der Waals surface area contributed by atoms with Gasteiger partial charge in [-0.25, -0.2) is 4.98 Å². The molecular weight excluding hydrogens is 382 g/mol. The summed E-state index contributed by atoms with van der Waals surface area (Å²) < 4.78 is 5.93. The number of aromatic amines is 1. The number of hydrogen-bond acceptors (Lipinski definition) is 7. The summed E-state index contributed by atoms with van der Waals surface area (Å²) in [4.78, 5) is 26.0. The first kappa shape index (κ1) is 19.0. The highest BCUT2D eigenvalue weighted by molar-refractivity contribution is 5.78. The summed E-state index contributed by atoms with van der Waals surface area (Å²) in [5, 5.41) is 9.58. The van der Waals surface area contributed by atoms with Crippen molar-refractivity contribution in [1.82, 2.24) is 30.4 Å². The van der Waals surface area contributed by atoms with E-state index in [1.165, 1.54) is 6.33 Å². The van der Waals surface area contributed by atoms with E-state index < -0.39 is 0 Å². The normalized spacial score (nSPS) is 21.2. The Hall–Kier alpha value is -2.94. The minimum Gasteiger partial charge on any atom is -0.423 e. The van der Waals surface area contributed by atoms with Gasteiger partial charge in [-0.15, -0.1) is 0 Å². The number of anilines is 1. The van der Waals surface area contributed by atoms with Crippen LogP contribution in [-0.4, -0.2) is 63.2 Å². The van der Waals surface area contributed by atoms with Crippen LogP contribution in [0.1, 0.15) is 31.5 Å². The third-order valence-corrected chi connectivity index (χ3v) is 6.25. The van der Waals surface area contributed by atoms with E-state index in [1.807, 2.05) is 24.3 Å². The number of oxazole rings is 1. The Balaban J connectivity index is 1.14. The second-order valence-electron chi connectivity index (χ2n) is 8.17. The van der Waals surface area contributed by atoms with Crippen LogP contribution in [0.3, 0.4) is 0 Å². The number of likely N-dealkylation sites (tertiary alicyclic amines) is 1. The molecule has 30 heavy (non-hydrogen) atoms. The van der Waals surface area contributed by atoms with Gasteiger partial charge in [0.25, 0.3) is 6.01 Å². The van der Waals surface area contributed by atoms with Crippen molar-refractivity contribution in [2.24, 2.45) is 5.92 Å². The monoisotopic (exact) mass is 409 g/mol. The number of benzene rings is 1. The van der Waals surface area contributed by atoms with Crippen LogP contribution < -0.4 is 10.2 Å². The molecule has 1 aromatic carbocycles. The molecule has 3 aromatic rings. The molecule has 9 nitrogen and oxygen atoms in total. The quantitative estimate of drug-likeness (QED) is 0.664. The Bertz CT molecular complexity index is 945. The fourth-order valence-electron chi connectivity index (χ4n) is 4.60. The Morgan fingerprint density at radius 3 is 2.87 bits per heavy atom. The van der Waals surface area contributed by atoms with Gasteiger partial charge in [-0.2, -0.15) is 10.1 Å². The van der Waals surface area contributed by atoms with E-state index in [0.29, 0.717) is 18.4 Å². The van der Waals surface area contributed by atoms with E-state index in [1.54, 1.807) is 0 Å². The number of aromatic nitrogens is 4. The summed E-state index contributed by atoms with van der Waals surface area (Å²) >= 11 is 0. The van der Waals surface area contributed by atoms with Crippen molar-refractivity contribution in [3.63, 3.8) is 0 Å². The number of rotatable bonds is 5. The van der Waals surface area contributed by atoms with Crippen molar-refractivity contribution in [1.29, 1.82) is 0 Å². The lowest BCUT2D eigenvalue weighted by molar-refractivity contribution is -0.127. The van der Waals surface area contributed by atoms with Gasteiger partial charge >= 0.3 is 0 Å². The molecule has 5 rings (SSSR count). The number of nitrogens with zero attached hydrogens (tertiary/aromatic N) is 5. The molecular formula is C21H27N7O2. The molecule has 0 saturated carbocycles. The molecule has 1 amide bonds. The maximum atomic E-state index is 12.6. The number of piperidine rings is 2. The standard InChI is InChI=1S/C21H27N7O2/c29-20(22-12-19-23-14-24-26-19)15-4-3-9-28(13-15)16-7-10-27(11-8-16)21-25-17-5-1-2-6-18(17)30-21/h1-2,5-6,14-16H,3-4,7-13H2,(H,22,29)(H,23,24,26)/t15-/m0/s1. The minimum absolute atomic E-state index is 0.0386. The highest BCUT2D eigenvalue weighted by Crippen LogP contribution is 2.28. The number of para-hydroxylation sites is 2. The molecule has 0 radical (unpaired) electrons. The lowest BCUT2D eigenvalue weighted by Crippen LogP contribution is -2.50. The number of amides is 1. The van der Waals surface area contributed by atoms with Crippen LogP contribution in [-0.2, 0) is 11.3 Å². The van der Waals surface area contributed by atoms with Gasteiger partial charge < -0.3 is 14.6 Å². The average molecular weight is 409 g/mol. The molecule has 0 spiro atoms. The SMILES string of the molecule is O=C(NCc1ncn[nH]1)[C@H]1CCCN(C2CCN(c3nc4ccccc4o3)CC2)C1. The smallest absolute Gasteiger partial charge is 0.298 e. The van der Waals surface area contributed by atoms with Crippen molar-refractivity contribution in [2.75, 3.05) is 31.1 Å². The van der Waals surface area contributed by atoms with Crippen molar-refractivity contribution < 1.29 is 9.21 Å². The molecule has 2 saturated heterocycles. The summed E-state index contributed by atoms with van der Waals surface area (Å²) in [5.74, 6) is 0.833. The lowest BCUT2D eigenvalue weighted by Gasteiger charge is -2.41. The molecule has 0 unspecified atom stereocenters. The van der Waals surface area contributed by atoms with Gasteiger partial charge in [-0.1, -0.05) is 12.1 Å². The van der Waals surface area contributed by atoms with E-state index in [9.17, 15) is 4.79 Å². The fraction of sp³-hybridized carbons (Fsp3) is 0.524. The molecule has 4 heterocycles. The number of hydrogen-bond donors (Lipinski definition) is 2. The van der Waals surface area contributed by atoms with E-state index in [0.717, 1.165) is 69.0 Å². The third kappa shape index (κ3) is 4.02. The van der Waals surface area contributed by atoms with Crippen LogP contribution in [0.25, 0.3) is 11.1 Å². The van der Waals surface area contributed by atoms with Crippen molar-refractivity contribution in [3.05, 3.63) is 36.4 Å². The molecule has 2 N–H and O–H groups in total. The lowest BCUT2D eigenvalue weighted by atomic mass is 9.93. The largest absolute Gasteiger partial charge is 0.423 e. The molecule has 2 aliphatic rings. The first-order valence-electron chi connectivity index (χ1n) is 10.7. The van der Waals surface area contributed by atoms with Gasteiger partial charge in [0.05, 0.1) is 12.5 Å². The molecule has 2 aliphatic heterocycles. The van der Waals surface area contributed by atoms with Gasteiger partial charge in [0.15, 0.2) is 5.58 Å². The zero-order chi connectivity index (χ0) is 20.3. The summed E-state index contributed by atoms with van der Waals surface area (Å²) in [6.07, 6.45) is 5.58. The van der Waals surface area contributed by atoms with E-state index in [2.05, 4.69) is 35.3 Å². The maximum absolute atomic E-state index is 12.6. The number of H-pyrrole nitrogens is 1. The van der Waals surface area contributed by atoms with E-state index in [-0.39, 0.29) is 11.8 Å². The summed E-state index contributed by atoms with van der Waals surface area (Å²) in [7, 11) is 0. The average Bonchev–Trinajstić information content (AvgIpc) is 3.47. The zero-order valence-corrected chi connectivity index (χ0v) is 17.0. The Morgan fingerprint density at radius 2 is 2.07 bits per heavy atom. The second kappa shape index (κ2) is 8.43. The van der Waals surface area contributed by atoms with E-state index >= 15 is 0 Å². The number of carbonyl (C=O) groups excluding carboxylic acids is 1. The maximum Gasteiger partial charge on any atom is 0.298 e. The summed E-state index contributed by atoms with van der Waals surface area (Å²) in [6, 6.07) is 9.12. The molecule has 0 aliphatic carbocycles. The van der Waals surface area contributed by atoms with E-state index in [4.69, 9.17) is 4.42 Å². The van der Waals surface area contributed by atoms with Crippen molar-refractivity contribution in [3.8, 4) is 0 Å². The first-order chi connectivity index (χ1) is 14.8. The van der Waals surface area contributed by atoms with Gasteiger partial charge in [0.1, 0.15) is 17.7 Å². The van der Waals surface area contributed by atoms with Crippen LogP contribution in [0.5, 0.6) is 0 Å². The minimum atomic E-state index is 0.0386. The predicted octanol–water partition coefficient (Wildman–Crippen LogP) is 1.94. The van der Waals surface area contributed by atoms with Crippen molar-refractivity contribution in [2.45, 2.75) is 38.3 Å². The summed E-state index contributed by atoms with van der Waals surface area (Å²) in [6.45, 7) is 4.15. The zero-order valence-electron chi connectivity index (χ0n) is 17.0. The van der Waals surface area contributed by atoms with Gasteiger partial charge in [0, 0.05) is 25.7 Å². The Labute approximate surface area is 174 Å². The highest BCUT2D eigenvalue weighted by Gasteiger charge is 2.32. The first-order valence-corrected chi connectivity index (χ1v) is 10.7. The third-order valence-electron chi connectivity index (χ3n) is 6.25. The number of fused-ring (bicyclic) bond motifs is 1. The van der Waals surface area contributed by atoms with Crippen LogP contribution in [0.15, 0.2) is 35.0 Å². The molecule has 1 atom stereocenters. The van der Waals surface area contributed by atoms with Crippen LogP contribution in [0, 0.1) is 5.92 Å². The summed E-state index contributed by atoms with van der Waals surface area (Å²) in [5.41, 5.74) is 1.75. The molecule has 9 heteroatoms. The molecule has 158 valence electrons. The highest BCUT2D eigenvalue weighted by atomic mass is 16.4. The van der Waals surface area contributed by atoms with Gasteiger partial charge in [-0.3, -0.25) is 14.8 Å².